The van der Waals surface area contributed by atoms with Crippen LogP contribution in [0.5, 0.6) is 0 Å². The van der Waals surface area contributed by atoms with E-state index in [-0.39, 0.29) is 5.56 Å². The van der Waals surface area contributed by atoms with Gasteiger partial charge in [-0.05, 0) is 35.6 Å². The van der Waals surface area contributed by atoms with Crippen molar-refractivity contribution in [2.75, 3.05) is 14.1 Å². The summed E-state index contributed by atoms with van der Waals surface area (Å²) in [5, 5.41) is 12.8. The summed E-state index contributed by atoms with van der Waals surface area (Å²) in [4.78, 5) is 21.5. The molecule has 0 saturated carbocycles. The van der Waals surface area contributed by atoms with Crippen LogP contribution in [0.4, 0.5) is 0 Å². The Labute approximate surface area is 160 Å². The van der Waals surface area contributed by atoms with E-state index in [1.165, 1.54) is 0 Å². The van der Waals surface area contributed by atoms with Gasteiger partial charge in [0.2, 0.25) is 0 Å². The fraction of sp³-hybridized carbons (Fsp3) is 0.381. The first kappa shape index (κ1) is 20.4. The molecule has 6 heteroatoms. The van der Waals surface area contributed by atoms with Crippen LogP contribution in [-0.4, -0.2) is 35.0 Å². The van der Waals surface area contributed by atoms with E-state index in [4.69, 9.17) is 0 Å². The highest BCUT2D eigenvalue weighted by Gasteiger charge is 2.12. The quantitative estimate of drug-likeness (QED) is 0.446. The van der Waals surface area contributed by atoms with Gasteiger partial charge in [-0.3, -0.25) is 14.4 Å². The van der Waals surface area contributed by atoms with E-state index in [1.807, 2.05) is 18.2 Å². The number of benzene rings is 1. The summed E-state index contributed by atoms with van der Waals surface area (Å²) < 4.78 is 1.68. The van der Waals surface area contributed by atoms with Gasteiger partial charge in [-0.15, -0.1) is 0 Å². The Morgan fingerprint density at radius 1 is 1.37 bits per heavy atom. The van der Waals surface area contributed by atoms with Crippen LogP contribution >= 0.6 is 0 Å². The van der Waals surface area contributed by atoms with E-state index in [2.05, 4.69) is 36.1 Å². The van der Waals surface area contributed by atoms with Crippen LogP contribution in [0.25, 0.3) is 16.5 Å². The van der Waals surface area contributed by atoms with Crippen molar-refractivity contribution < 1.29 is 5.11 Å². The van der Waals surface area contributed by atoms with Crippen molar-refractivity contribution in [2.24, 2.45) is 16.8 Å². The highest BCUT2D eigenvalue weighted by Crippen LogP contribution is 2.19. The third-order valence-electron chi connectivity index (χ3n) is 4.79. The average Bonchev–Trinajstić information content (AvgIpc) is 2.67. The summed E-state index contributed by atoms with van der Waals surface area (Å²) in [7, 11) is 3.40. The molecule has 1 aromatic carbocycles. The summed E-state index contributed by atoms with van der Waals surface area (Å²) in [5.41, 5.74) is 2.76. The second-order valence-electron chi connectivity index (χ2n) is 6.98. The Kier molecular flexibility index (Phi) is 6.93. The number of aliphatic hydroxyl groups excluding tert-OH is 1. The van der Waals surface area contributed by atoms with Crippen LogP contribution in [0.3, 0.4) is 0 Å². The molecular weight excluding hydrogens is 340 g/mol. The minimum atomic E-state index is -0.0475. The Balaban J connectivity index is 2.56. The van der Waals surface area contributed by atoms with Gasteiger partial charge in [0.25, 0.3) is 5.56 Å². The van der Waals surface area contributed by atoms with Gasteiger partial charge in [0.15, 0.2) is 0 Å². The van der Waals surface area contributed by atoms with Gasteiger partial charge >= 0.3 is 0 Å². The standard InChI is InChI=1S/C21H28N4O2/c1-14(2)15(3)11-25-13-24-20-7-6-16(9-19(20)21(25)27)17(10-22-4)8-18(12-26)23-5/h6-10,12-15,23,26H,11H2,1-5H3/b17-8+,18-12-,22-10-. The van der Waals surface area contributed by atoms with Gasteiger partial charge in [0, 0.05) is 32.4 Å². The third kappa shape index (κ3) is 4.84. The summed E-state index contributed by atoms with van der Waals surface area (Å²) >= 11 is 0. The molecule has 0 saturated heterocycles. The van der Waals surface area contributed by atoms with Gasteiger partial charge < -0.3 is 10.4 Å². The summed E-state index contributed by atoms with van der Waals surface area (Å²) in [6.07, 6.45) is 6.08. The van der Waals surface area contributed by atoms with E-state index in [0.29, 0.717) is 35.0 Å². The number of aliphatic imine (C=N–C) groups is 1. The molecular formula is C21H28N4O2. The largest absolute Gasteiger partial charge is 0.513 e. The number of fused-ring (bicyclic) bond motifs is 1. The first-order valence-corrected chi connectivity index (χ1v) is 9.06. The SMILES string of the molecule is C\N=C/C(=C\C(=C\O)NC)c1ccc2ncn(CC(C)C(C)C)c(=O)c2c1. The van der Waals surface area contributed by atoms with E-state index in [9.17, 15) is 9.90 Å². The van der Waals surface area contributed by atoms with Crippen molar-refractivity contribution in [3.05, 3.63) is 58.5 Å². The lowest BCUT2D eigenvalue weighted by atomic mass is 9.98. The molecule has 0 radical (unpaired) electrons. The molecule has 0 aliphatic rings. The second-order valence-corrected chi connectivity index (χ2v) is 6.98. The lowest BCUT2D eigenvalue weighted by Crippen LogP contribution is -2.25. The van der Waals surface area contributed by atoms with Crippen molar-refractivity contribution in [2.45, 2.75) is 27.3 Å². The number of aromatic nitrogens is 2. The number of hydrogen-bond acceptors (Lipinski definition) is 5. The Hall–Kier alpha value is -2.89. The molecule has 6 nitrogen and oxygen atoms in total. The van der Waals surface area contributed by atoms with Gasteiger partial charge in [-0.1, -0.05) is 26.8 Å². The molecule has 2 rings (SSSR count). The molecule has 2 N–H and O–H groups in total. The molecule has 144 valence electrons. The Morgan fingerprint density at radius 3 is 2.70 bits per heavy atom. The van der Waals surface area contributed by atoms with Crippen molar-refractivity contribution >= 4 is 22.7 Å². The van der Waals surface area contributed by atoms with Gasteiger partial charge in [0.05, 0.1) is 22.9 Å². The zero-order valence-electron chi connectivity index (χ0n) is 16.6. The van der Waals surface area contributed by atoms with E-state index >= 15 is 0 Å². The minimum Gasteiger partial charge on any atom is -0.513 e. The van der Waals surface area contributed by atoms with Gasteiger partial charge in [-0.2, -0.15) is 0 Å². The maximum Gasteiger partial charge on any atom is 0.261 e. The molecule has 1 unspecified atom stereocenters. The normalized spacial score (nSPS) is 14.3. The average molecular weight is 368 g/mol. The summed E-state index contributed by atoms with van der Waals surface area (Å²) in [5.74, 6) is 0.861. The van der Waals surface area contributed by atoms with Crippen molar-refractivity contribution in [3.63, 3.8) is 0 Å². The topological polar surface area (TPSA) is 79.5 Å². The third-order valence-corrected chi connectivity index (χ3v) is 4.79. The molecule has 0 aliphatic carbocycles. The number of hydrogen-bond donors (Lipinski definition) is 2. The molecule has 1 heterocycles. The fourth-order valence-corrected chi connectivity index (χ4v) is 2.67. The first-order chi connectivity index (χ1) is 12.9. The number of aliphatic hydroxyl groups is 1. The zero-order chi connectivity index (χ0) is 20.0. The lowest BCUT2D eigenvalue weighted by Gasteiger charge is -2.17. The molecule has 0 amide bonds. The highest BCUT2D eigenvalue weighted by atomic mass is 16.2. The van der Waals surface area contributed by atoms with Crippen LogP contribution in [-0.2, 0) is 6.54 Å². The van der Waals surface area contributed by atoms with Gasteiger partial charge in [0.1, 0.15) is 6.26 Å². The molecule has 0 aliphatic heterocycles. The molecule has 0 spiro atoms. The fourth-order valence-electron chi connectivity index (χ4n) is 2.67. The van der Waals surface area contributed by atoms with E-state index in [1.54, 1.807) is 37.3 Å². The van der Waals surface area contributed by atoms with Crippen LogP contribution < -0.4 is 10.9 Å². The van der Waals surface area contributed by atoms with Crippen molar-refractivity contribution in [1.29, 1.82) is 0 Å². The van der Waals surface area contributed by atoms with Crippen LogP contribution in [0.1, 0.15) is 26.3 Å². The van der Waals surface area contributed by atoms with Crippen LogP contribution in [0.2, 0.25) is 0 Å². The first-order valence-electron chi connectivity index (χ1n) is 9.06. The number of rotatable bonds is 7. The Bertz CT molecular complexity index is 939. The summed E-state index contributed by atoms with van der Waals surface area (Å²) in [6, 6.07) is 5.56. The number of allylic oxidation sites excluding steroid dienone is 2. The van der Waals surface area contributed by atoms with Gasteiger partial charge in [-0.25, -0.2) is 4.98 Å². The lowest BCUT2D eigenvalue weighted by molar-refractivity contribution is 0.359. The van der Waals surface area contributed by atoms with Crippen LogP contribution in [0.15, 0.2) is 52.3 Å². The highest BCUT2D eigenvalue weighted by molar-refractivity contribution is 6.11. The molecule has 27 heavy (non-hydrogen) atoms. The van der Waals surface area contributed by atoms with E-state index in [0.717, 1.165) is 17.4 Å². The van der Waals surface area contributed by atoms with Crippen molar-refractivity contribution in [3.8, 4) is 0 Å². The predicted molar refractivity (Wildman–Crippen MR) is 112 cm³/mol. The number of likely N-dealkylation sites (N-methyl/N-ethyl adjacent to an activating group) is 1. The molecule has 1 atom stereocenters. The molecule has 0 bridgehead atoms. The predicted octanol–water partition coefficient (Wildman–Crippen LogP) is 3.39. The number of nitrogens with zero attached hydrogens (tertiary/aromatic N) is 3. The van der Waals surface area contributed by atoms with Crippen molar-refractivity contribution in [1.82, 2.24) is 14.9 Å². The number of nitrogens with one attached hydrogen (secondary N) is 1. The second kappa shape index (κ2) is 9.16. The van der Waals surface area contributed by atoms with E-state index < -0.39 is 0 Å². The molecule has 2 aromatic rings. The summed E-state index contributed by atoms with van der Waals surface area (Å²) in [6.45, 7) is 7.08. The maximum atomic E-state index is 13.0. The smallest absolute Gasteiger partial charge is 0.261 e. The molecule has 0 fully saturated rings. The Morgan fingerprint density at radius 2 is 2.11 bits per heavy atom. The zero-order valence-corrected chi connectivity index (χ0v) is 16.6. The van der Waals surface area contributed by atoms with Crippen LogP contribution in [0, 0.1) is 11.8 Å². The maximum absolute atomic E-state index is 13.0. The monoisotopic (exact) mass is 368 g/mol. The minimum absolute atomic E-state index is 0.0475. The molecule has 1 aromatic heterocycles.